The second kappa shape index (κ2) is 6.45. The summed E-state index contributed by atoms with van der Waals surface area (Å²) in [6.07, 6.45) is 2.66. The van der Waals surface area contributed by atoms with Crippen molar-refractivity contribution in [3.63, 3.8) is 0 Å². The summed E-state index contributed by atoms with van der Waals surface area (Å²) in [6.45, 7) is 1.57. The van der Waals surface area contributed by atoms with Crippen LogP contribution in [0.5, 0.6) is 5.75 Å². The van der Waals surface area contributed by atoms with E-state index in [1.54, 1.807) is 7.11 Å². The first-order valence-corrected chi connectivity index (χ1v) is 7.36. The molecule has 0 spiro atoms. The van der Waals surface area contributed by atoms with Crippen LogP contribution < -0.4 is 15.8 Å². The maximum absolute atomic E-state index is 12.2. The van der Waals surface area contributed by atoms with Crippen molar-refractivity contribution in [2.24, 2.45) is 5.73 Å². The molecule has 1 atom stereocenters. The van der Waals surface area contributed by atoms with Gasteiger partial charge in [-0.2, -0.15) is 0 Å². The lowest BCUT2D eigenvalue weighted by Crippen LogP contribution is -2.55. The second-order valence-corrected chi connectivity index (χ2v) is 5.88. The van der Waals surface area contributed by atoms with Gasteiger partial charge in [0.2, 0.25) is 5.91 Å². The van der Waals surface area contributed by atoms with Crippen LogP contribution in [-0.2, 0) is 16.8 Å². The second-order valence-electron chi connectivity index (χ2n) is 5.88. The van der Waals surface area contributed by atoms with Crippen LogP contribution in [0.2, 0.25) is 0 Å². The number of nitrogens with two attached hydrogens (primary N) is 1. The largest absolute Gasteiger partial charge is 0.497 e. The van der Waals surface area contributed by atoms with Gasteiger partial charge in [0.1, 0.15) is 11.3 Å². The molecule has 5 nitrogen and oxygen atoms in total. The quantitative estimate of drug-likeness (QED) is 0.816. The fraction of sp³-hybridized carbons (Fsp3) is 0.562. The molecular weight excluding hydrogens is 266 g/mol. The average molecular weight is 291 g/mol. The summed E-state index contributed by atoms with van der Waals surface area (Å²) in [6, 6.07) is 5.93. The highest BCUT2D eigenvalue weighted by molar-refractivity contribution is 5.87. The van der Waals surface area contributed by atoms with Crippen molar-refractivity contribution < 1.29 is 9.53 Å². The molecule has 0 aromatic heterocycles. The lowest BCUT2D eigenvalue weighted by Gasteiger charge is -2.38. The number of carbonyl (C=O) groups is 1. The summed E-state index contributed by atoms with van der Waals surface area (Å²) in [5, 5.41) is 3.40. The Bertz CT molecular complexity index is 516. The van der Waals surface area contributed by atoms with E-state index in [-0.39, 0.29) is 5.91 Å². The van der Waals surface area contributed by atoms with Crippen LogP contribution in [0.15, 0.2) is 18.2 Å². The predicted octanol–water partition coefficient (Wildman–Crippen LogP) is 0.863. The Morgan fingerprint density at radius 1 is 1.48 bits per heavy atom. The van der Waals surface area contributed by atoms with Crippen molar-refractivity contribution >= 4 is 5.91 Å². The number of carbonyl (C=O) groups excluding carboxylic acids is 1. The molecule has 1 amide bonds. The van der Waals surface area contributed by atoms with E-state index in [0.717, 1.165) is 37.1 Å². The van der Waals surface area contributed by atoms with Gasteiger partial charge in [-0.05, 0) is 56.6 Å². The normalized spacial score (nSPS) is 21.1. The van der Waals surface area contributed by atoms with Crippen molar-refractivity contribution in [1.29, 1.82) is 0 Å². The van der Waals surface area contributed by atoms with Gasteiger partial charge in [-0.25, -0.2) is 0 Å². The summed E-state index contributed by atoms with van der Waals surface area (Å²) < 4.78 is 5.31. The van der Waals surface area contributed by atoms with Gasteiger partial charge >= 0.3 is 0 Å². The van der Waals surface area contributed by atoms with E-state index in [1.807, 2.05) is 32.3 Å². The highest BCUT2D eigenvalue weighted by Crippen LogP contribution is 2.37. The zero-order valence-corrected chi connectivity index (χ0v) is 13.1. The monoisotopic (exact) mass is 291 g/mol. The van der Waals surface area contributed by atoms with Crippen LogP contribution in [0.25, 0.3) is 0 Å². The van der Waals surface area contributed by atoms with E-state index < -0.39 is 5.54 Å². The summed E-state index contributed by atoms with van der Waals surface area (Å²) in [4.78, 5) is 14.3. The van der Waals surface area contributed by atoms with Gasteiger partial charge in [-0.1, -0.05) is 6.07 Å². The first-order chi connectivity index (χ1) is 9.99. The zero-order valence-electron chi connectivity index (χ0n) is 13.1. The molecule has 0 aliphatic heterocycles. The summed E-state index contributed by atoms with van der Waals surface area (Å²) in [5.74, 6) is 0.450. The van der Waals surface area contributed by atoms with E-state index in [9.17, 15) is 4.79 Å². The number of amides is 1. The Morgan fingerprint density at radius 3 is 2.86 bits per heavy atom. The van der Waals surface area contributed by atoms with Crippen LogP contribution in [0.3, 0.4) is 0 Å². The Hall–Kier alpha value is -1.59. The maximum atomic E-state index is 12.2. The molecule has 0 heterocycles. The zero-order chi connectivity index (χ0) is 15.5. The van der Waals surface area contributed by atoms with Crippen LogP contribution in [-0.4, -0.2) is 45.1 Å². The standard InChI is InChI=1S/C16H25N3O2/c1-19(2)10-9-18-16(15(17)20)8-4-5-12-6-7-13(21-3)11-14(12)16/h6-7,11,18H,4-5,8-10H2,1-3H3,(H2,17,20). The third kappa shape index (κ3) is 3.19. The fourth-order valence-corrected chi connectivity index (χ4v) is 3.00. The van der Waals surface area contributed by atoms with Crippen molar-refractivity contribution in [2.75, 3.05) is 34.3 Å². The molecule has 1 aliphatic rings. The third-order valence-corrected chi connectivity index (χ3v) is 4.18. The van der Waals surface area contributed by atoms with Crippen molar-refractivity contribution in [3.8, 4) is 5.75 Å². The molecule has 21 heavy (non-hydrogen) atoms. The lowest BCUT2D eigenvalue weighted by molar-refractivity contribution is -0.125. The number of ether oxygens (including phenoxy) is 1. The molecule has 0 fully saturated rings. The highest BCUT2D eigenvalue weighted by Gasteiger charge is 2.41. The molecule has 0 saturated heterocycles. The van der Waals surface area contributed by atoms with Gasteiger partial charge in [0.05, 0.1) is 7.11 Å². The van der Waals surface area contributed by atoms with Gasteiger partial charge in [0, 0.05) is 13.1 Å². The average Bonchev–Trinajstić information content (AvgIpc) is 2.46. The minimum Gasteiger partial charge on any atom is -0.497 e. The van der Waals surface area contributed by atoms with Gasteiger partial charge in [0.25, 0.3) is 0 Å². The minimum atomic E-state index is -0.780. The molecule has 116 valence electrons. The van der Waals surface area contributed by atoms with E-state index in [1.165, 1.54) is 5.56 Å². The Balaban J connectivity index is 2.36. The Morgan fingerprint density at radius 2 is 2.24 bits per heavy atom. The van der Waals surface area contributed by atoms with E-state index >= 15 is 0 Å². The maximum Gasteiger partial charge on any atom is 0.242 e. The summed E-state index contributed by atoms with van der Waals surface area (Å²) >= 11 is 0. The predicted molar refractivity (Wildman–Crippen MR) is 83.4 cm³/mol. The molecule has 0 saturated carbocycles. The number of benzene rings is 1. The SMILES string of the molecule is COc1ccc2c(c1)C(NCCN(C)C)(C(N)=O)CCC2. The number of nitrogens with one attached hydrogen (secondary N) is 1. The number of aryl methyl sites for hydroxylation is 1. The Kier molecular flexibility index (Phi) is 4.85. The molecule has 3 N–H and O–H groups in total. The van der Waals surface area contributed by atoms with Crippen molar-refractivity contribution in [1.82, 2.24) is 10.2 Å². The number of fused-ring (bicyclic) bond motifs is 1. The van der Waals surface area contributed by atoms with E-state index in [0.29, 0.717) is 6.54 Å². The number of primary amides is 1. The molecule has 1 aromatic carbocycles. The minimum absolute atomic E-state index is 0.310. The van der Waals surface area contributed by atoms with E-state index in [4.69, 9.17) is 10.5 Å². The Labute approximate surface area is 126 Å². The van der Waals surface area contributed by atoms with Crippen LogP contribution in [0.1, 0.15) is 24.0 Å². The topological polar surface area (TPSA) is 67.6 Å². The molecule has 1 unspecified atom stereocenters. The highest BCUT2D eigenvalue weighted by atomic mass is 16.5. The van der Waals surface area contributed by atoms with E-state index in [2.05, 4.69) is 10.2 Å². The summed E-state index contributed by atoms with van der Waals surface area (Å²) in [7, 11) is 5.66. The first kappa shape index (κ1) is 15.8. The molecular formula is C16H25N3O2. The van der Waals surface area contributed by atoms with Crippen LogP contribution in [0, 0.1) is 0 Å². The number of rotatable bonds is 6. The number of methoxy groups -OCH3 is 1. The number of hydrogen-bond donors (Lipinski definition) is 2. The first-order valence-electron chi connectivity index (χ1n) is 7.36. The number of hydrogen-bond acceptors (Lipinski definition) is 4. The summed E-state index contributed by atoms with van der Waals surface area (Å²) in [5.41, 5.74) is 7.14. The molecule has 0 radical (unpaired) electrons. The lowest BCUT2D eigenvalue weighted by atomic mass is 9.75. The fourth-order valence-electron chi connectivity index (χ4n) is 3.00. The number of nitrogens with zero attached hydrogens (tertiary/aromatic N) is 1. The molecule has 2 rings (SSSR count). The number of likely N-dealkylation sites (N-methyl/N-ethyl adjacent to an activating group) is 1. The van der Waals surface area contributed by atoms with Crippen molar-refractivity contribution in [2.45, 2.75) is 24.8 Å². The van der Waals surface area contributed by atoms with Gasteiger partial charge < -0.3 is 15.4 Å². The smallest absolute Gasteiger partial charge is 0.242 e. The molecule has 1 aliphatic carbocycles. The van der Waals surface area contributed by atoms with Gasteiger partial charge in [0.15, 0.2) is 0 Å². The van der Waals surface area contributed by atoms with Gasteiger partial charge in [-0.15, -0.1) is 0 Å². The third-order valence-electron chi connectivity index (χ3n) is 4.18. The van der Waals surface area contributed by atoms with Crippen LogP contribution >= 0.6 is 0 Å². The molecule has 0 bridgehead atoms. The molecule has 5 heteroatoms. The molecule has 1 aromatic rings. The van der Waals surface area contributed by atoms with Crippen molar-refractivity contribution in [3.05, 3.63) is 29.3 Å². The van der Waals surface area contributed by atoms with Gasteiger partial charge in [-0.3, -0.25) is 10.1 Å². The van der Waals surface area contributed by atoms with Crippen LogP contribution in [0.4, 0.5) is 0 Å².